The van der Waals surface area contributed by atoms with E-state index in [1.807, 2.05) is 27.7 Å². The third-order valence-electron chi connectivity index (χ3n) is 5.31. The Balaban J connectivity index is 1.93. The van der Waals surface area contributed by atoms with Gasteiger partial charge in [0.1, 0.15) is 23.2 Å². The van der Waals surface area contributed by atoms with Gasteiger partial charge in [-0.25, -0.2) is 0 Å². The zero-order valence-corrected chi connectivity index (χ0v) is 16.7. The summed E-state index contributed by atoms with van der Waals surface area (Å²) >= 11 is 0. The molecule has 1 aromatic rings. The molecule has 6 nitrogen and oxygen atoms in total. The van der Waals surface area contributed by atoms with E-state index in [-0.39, 0.29) is 30.1 Å². The van der Waals surface area contributed by atoms with Crippen molar-refractivity contribution in [3.05, 3.63) is 22.3 Å². The number of aliphatic hydroxyl groups excluding tert-OH is 1. The molecule has 0 bridgehead atoms. The second-order valence-corrected chi connectivity index (χ2v) is 8.24. The van der Waals surface area contributed by atoms with E-state index < -0.39 is 6.10 Å². The molecular weight excluding hydrogens is 348 g/mol. The number of fused-ring (bicyclic) bond motifs is 1. The zero-order valence-electron chi connectivity index (χ0n) is 16.7. The van der Waals surface area contributed by atoms with Gasteiger partial charge in [0.15, 0.2) is 0 Å². The van der Waals surface area contributed by atoms with Crippen LogP contribution in [0.1, 0.15) is 62.3 Å². The van der Waals surface area contributed by atoms with Crippen molar-refractivity contribution in [3.63, 3.8) is 0 Å². The van der Waals surface area contributed by atoms with Crippen LogP contribution in [0.3, 0.4) is 0 Å². The molecule has 0 aliphatic carbocycles. The molecule has 1 aromatic carbocycles. The number of cyclic esters (lactones) is 1. The molecule has 6 heteroatoms. The number of benzene rings is 1. The molecule has 1 fully saturated rings. The Morgan fingerprint density at radius 3 is 2.63 bits per heavy atom. The molecule has 0 unspecified atom stereocenters. The number of carbonyl (C=O) groups excluding carboxylic acids is 2. The lowest BCUT2D eigenvalue weighted by atomic mass is 9.90. The number of hydrogen-bond donors (Lipinski definition) is 1. The molecule has 0 radical (unpaired) electrons. The highest BCUT2D eigenvalue weighted by Gasteiger charge is 2.36. The molecular formula is C21H28O6. The molecule has 27 heavy (non-hydrogen) atoms. The van der Waals surface area contributed by atoms with Crippen molar-refractivity contribution in [2.24, 2.45) is 0 Å². The van der Waals surface area contributed by atoms with E-state index in [1.165, 1.54) is 6.92 Å². The first kappa shape index (κ1) is 19.7. The second-order valence-electron chi connectivity index (χ2n) is 8.24. The first-order chi connectivity index (χ1) is 12.6. The minimum atomic E-state index is -0.645. The summed E-state index contributed by atoms with van der Waals surface area (Å²) in [5.74, 6) is 0.740. The highest BCUT2D eigenvalue weighted by molar-refractivity contribution is 5.72. The molecule has 148 valence electrons. The van der Waals surface area contributed by atoms with Gasteiger partial charge in [0.05, 0.1) is 12.5 Å². The quantitative estimate of drug-likeness (QED) is 0.643. The van der Waals surface area contributed by atoms with Crippen LogP contribution in [0.5, 0.6) is 11.5 Å². The van der Waals surface area contributed by atoms with E-state index in [0.717, 1.165) is 34.4 Å². The predicted octanol–water partition coefficient (Wildman–Crippen LogP) is 2.94. The number of carbonyl (C=O) groups is 2. The van der Waals surface area contributed by atoms with E-state index >= 15 is 0 Å². The molecule has 2 heterocycles. The number of hydrogen-bond acceptors (Lipinski definition) is 6. The Bertz CT molecular complexity index is 780. The van der Waals surface area contributed by atoms with Crippen molar-refractivity contribution >= 4 is 11.9 Å². The SMILES string of the molecule is CC(=O)Oc1c(C)c(CC[C@@H]2C[C@@H](O)CC(=O)O2)c2c(c1C)CC(C)(C)O2. The van der Waals surface area contributed by atoms with Crippen LogP contribution in [0.4, 0.5) is 0 Å². The normalized spacial score (nSPS) is 23.4. The van der Waals surface area contributed by atoms with Gasteiger partial charge in [-0.3, -0.25) is 9.59 Å². The van der Waals surface area contributed by atoms with Crippen molar-refractivity contribution in [1.82, 2.24) is 0 Å². The van der Waals surface area contributed by atoms with Crippen molar-refractivity contribution < 1.29 is 28.9 Å². The van der Waals surface area contributed by atoms with Gasteiger partial charge in [0.2, 0.25) is 0 Å². The Labute approximate surface area is 159 Å². The maximum atomic E-state index is 11.6. The van der Waals surface area contributed by atoms with Crippen LogP contribution in [0, 0.1) is 13.8 Å². The summed E-state index contributed by atoms with van der Waals surface area (Å²) in [6.07, 6.45) is 1.49. The smallest absolute Gasteiger partial charge is 0.308 e. The standard InChI is InChI=1S/C21H28O6/c1-11-16(7-6-15-8-14(23)9-18(24)26-15)20-17(10-21(4,5)27-20)12(2)19(11)25-13(3)22/h14-15,23H,6-10H2,1-5H3/t14-,15-/m1/s1. The van der Waals surface area contributed by atoms with Crippen molar-refractivity contribution in [1.29, 1.82) is 0 Å². The molecule has 0 amide bonds. The number of esters is 2. The Morgan fingerprint density at radius 2 is 2.00 bits per heavy atom. The van der Waals surface area contributed by atoms with Crippen LogP contribution >= 0.6 is 0 Å². The lowest BCUT2D eigenvalue weighted by molar-refractivity contribution is -0.160. The maximum absolute atomic E-state index is 11.6. The summed E-state index contributed by atoms with van der Waals surface area (Å²) in [6.45, 7) is 9.36. The van der Waals surface area contributed by atoms with Crippen molar-refractivity contribution in [2.75, 3.05) is 0 Å². The van der Waals surface area contributed by atoms with Gasteiger partial charge < -0.3 is 19.3 Å². The minimum Gasteiger partial charge on any atom is -0.487 e. The monoisotopic (exact) mass is 376 g/mol. The fourth-order valence-electron chi connectivity index (χ4n) is 4.09. The zero-order chi connectivity index (χ0) is 19.9. The molecule has 2 aliphatic heterocycles. The Kier molecular flexibility index (Phi) is 5.21. The topological polar surface area (TPSA) is 82.1 Å². The van der Waals surface area contributed by atoms with Gasteiger partial charge in [0, 0.05) is 30.9 Å². The predicted molar refractivity (Wildman–Crippen MR) is 99.1 cm³/mol. The van der Waals surface area contributed by atoms with Crippen LogP contribution in [0.25, 0.3) is 0 Å². The molecule has 2 aliphatic rings. The average molecular weight is 376 g/mol. The molecule has 1 saturated heterocycles. The van der Waals surface area contributed by atoms with Crippen LogP contribution in [-0.2, 0) is 27.2 Å². The van der Waals surface area contributed by atoms with Gasteiger partial charge in [-0.2, -0.15) is 0 Å². The Hall–Kier alpha value is -2.08. The van der Waals surface area contributed by atoms with Gasteiger partial charge in [-0.1, -0.05) is 0 Å². The summed E-state index contributed by atoms with van der Waals surface area (Å²) in [5, 5.41) is 9.82. The fourth-order valence-corrected chi connectivity index (χ4v) is 4.09. The van der Waals surface area contributed by atoms with E-state index in [1.54, 1.807) is 0 Å². The molecule has 2 atom stereocenters. The molecule has 3 rings (SSSR count). The Morgan fingerprint density at radius 1 is 1.30 bits per heavy atom. The van der Waals surface area contributed by atoms with Gasteiger partial charge in [0.25, 0.3) is 0 Å². The van der Waals surface area contributed by atoms with Crippen molar-refractivity contribution in [2.45, 2.75) is 84.5 Å². The van der Waals surface area contributed by atoms with Crippen LogP contribution in [-0.4, -0.2) is 34.9 Å². The van der Waals surface area contributed by atoms with E-state index in [9.17, 15) is 14.7 Å². The lowest BCUT2D eigenvalue weighted by Crippen LogP contribution is -2.32. The molecule has 0 aromatic heterocycles. The van der Waals surface area contributed by atoms with E-state index in [2.05, 4.69) is 0 Å². The molecule has 0 spiro atoms. The average Bonchev–Trinajstić information content (AvgIpc) is 2.86. The number of ether oxygens (including phenoxy) is 3. The minimum absolute atomic E-state index is 0.0589. The van der Waals surface area contributed by atoms with Crippen LogP contribution < -0.4 is 9.47 Å². The fraction of sp³-hybridized carbons (Fsp3) is 0.619. The first-order valence-corrected chi connectivity index (χ1v) is 9.47. The largest absolute Gasteiger partial charge is 0.487 e. The van der Waals surface area contributed by atoms with Gasteiger partial charge in [-0.15, -0.1) is 0 Å². The van der Waals surface area contributed by atoms with Gasteiger partial charge in [-0.05, 0) is 51.7 Å². The summed E-state index contributed by atoms with van der Waals surface area (Å²) in [4.78, 5) is 23.2. The number of aliphatic hydroxyl groups is 1. The number of rotatable bonds is 4. The highest BCUT2D eigenvalue weighted by atomic mass is 16.5. The van der Waals surface area contributed by atoms with E-state index in [4.69, 9.17) is 14.2 Å². The van der Waals surface area contributed by atoms with Crippen molar-refractivity contribution in [3.8, 4) is 11.5 Å². The third kappa shape index (κ3) is 4.10. The lowest BCUT2D eigenvalue weighted by Gasteiger charge is -2.27. The summed E-state index contributed by atoms with van der Waals surface area (Å²) in [6, 6.07) is 0. The summed E-state index contributed by atoms with van der Waals surface area (Å²) < 4.78 is 17.1. The second kappa shape index (κ2) is 7.15. The van der Waals surface area contributed by atoms with E-state index in [0.29, 0.717) is 25.0 Å². The summed E-state index contributed by atoms with van der Waals surface area (Å²) in [7, 11) is 0. The first-order valence-electron chi connectivity index (χ1n) is 9.47. The van der Waals surface area contributed by atoms with Gasteiger partial charge >= 0.3 is 11.9 Å². The van der Waals surface area contributed by atoms with Crippen LogP contribution in [0.2, 0.25) is 0 Å². The van der Waals surface area contributed by atoms with Crippen LogP contribution in [0.15, 0.2) is 0 Å². The summed E-state index contributed by atoms with van der Waals surface area (Å²) in [5.41, 5.74) is 3.54. The molecule has 1 N–H and O–H groups in total. The highest BCUT2D eigenvalue weighted by Crippen LogP contribution is 2.46. The third-order valence-corrected chi connectivity index (χ3v) is 5.31. The maximum Gasteiger partial charge on any atom is 0.308 e. The molecule has 0 saturated carbocycles.